The first-order chi connectivity index (χ1) is 10.8. The summed E-state index contributed by atoms with van der Waals surface area (Å²) >= 11 is 0. The van der Waals surface area contributed by atoms with Crippen LogP contribution in [0.4, 0.5) is 5.82 Å². The highest BCUT2D eigenvalue weighted by Gasteiger charge is 2.25. The van der Waals surface area contributed by atoms with Crippen LogP contribution in [-0.4, -0.2) is 30.6 Å². The van der Waals surface area contributed by atoms with E-state index in [1.807, 2.05) is 36.4 Å². The van der Waals surface area contributed by atoms with Crippen molar-refractivity contribution in [2.75, 3.05) is 24.6 Å². The number of benzene rings is 1. The van der Waals surface area contributed by atoms with E-state index in [9.17, 15) is 4.79 Å². The molecule has 5 nitrogen and oxygen atoms in total. The van der Waals surface area contributed by atoms with Crippen molar-refractivity contribution in [3.63, 3.8) is 0 Å². The van der Waals surface area contributed by atoms with Gasteiger partial charge < -0.3 is 15.0 Å². The molecule has 1 atom stereocenters. The highest BCUT2D eigenvalue weighted by molar-refractivity contribution is 5.94. The molecule has 3 heterocycles. The van der Waals surface area contributed by atoms with Gasteiger partial charge in [-0.25, -0.2) is 4.98 Å². The van der Waals surface area contributed by atoms with E-state index in [2.05, 4.69) is 15.2 Å². The fraction of sp³-hybridized carbons (Fsp3) is 0.294. The Labute approximate surface area is 128 Å². The topological polar surface area (TPSA) is 54.5 Å². The fourth-order valence-corrected chi connectivity index (χ4v) is 2.78. The number of para-hydroxylation sites is 1. The Morgan fingerprint density at radius 3 is 2.82 bits per heavy atom. The third-order valence-corrected chi connectivity index (χ3v) is 4.20. The highest BCUT2D eigenvalue weighted by atomic mass is 16.5. The van der Waals surface area contributed by atoms with Crippen LogP contribution in [-0.2, 0) is 0 Å². The van der Waals surface area contributed by atoms with E-state index in [1.54, 1.807) is 6.20 Å². The van der Waals surface area contributed by atoms with Crippen LogP contribution in [0.5, 0.6) is 5.75 Å². The number of anilines is 1. The molecule has 2 aromatic rings. The molecule has 0 aliphatic carbocycles. The summed E-state index contributed by atoms with van der Waals surface area (Å²) in [6.45, 7) is 2.58. The first-order valence-corrected chi connectivity index (χ1v) is 7.55. The molecule has 0 radical (unpaired) electrons. The molecule has 0 bridgehead atoms. The van der Waals surface area contributed by atoms with E-state index >= 15 is 0 Å². The van der Waals surface area contributed by atoms with E-state index in [1.165, 1.54) is 6.42 Å². The Morgan fingerprint density at radius 2 is 2.09 bits per heavy atom. The maximum atomic E-state index is 12.4. The Morgan fingerprint density at radius 1 is 1.23 bits per heavy atom. The summed E-state index contributed by atoms with van der Waals surface area (Å²) in [5, 5.41) is 3.01. The molecule has 0 unspecified atom stereocenters. The molecule has 1 aromatic carbocycles. The molecule has 1 amide bonds. The minimum Gasteiger partial charge on any atom is -0.491 e. The number of nitrogens with zero attached hydrogens (tertiary/aromatic N) is 2. The summed E-state index contributed by atoms with van der Waals surface area (Å²) in [4.78, 5) is 18.9. The van der Waals surface area contributed by atoms with E-state index in [-0.39, 0.29) is 11.9 Å². The van der Waals surface area contributed by atoms with Gasteiger partial charge in [0.25, 0.3) is 5.91 Å². The fourth-order valence-electron chi connectivity index (χ4n) is 2.78. The minimum atomic E-state index is -0.118. The molecule has 1 N–H and O–H groups in total. The highest BCUT2D eigenvalue weighted by Crippen LogP contribution is 2.31. The predicted octanol–water partition coefficient (Wildman–Crippen LogP) is 2.16. The van der Waals surface area contributed by atoms with Gasteiger partial charge in [0.2, 0.25) is 0 Å². The van der Waals surface area contributed by atoms with Crippen LogP contribution < -0.4 is 15.0 Å². The number of pyridine rings is 1. The monoisotopic (exact) mass is 295 g/mol. The van der Waals surface area contributed by atoms with Gasteiger partial charge in [0.05, 0.1) is 11.6 Å². The number of aromatic nitrogens is 1. The SMILES string of the molecule is O=C(N[C@H]1COc2ccccc21)c1ccc(N2CCC2)nc1. The lowest BCUT2D eigenvalue weighted by Gasteiger charge is -2.31. The second-order valence-electron chi connectivity index (χ2n) is 5.62. The molecule has 5 heteroatoms. The average molecular weight is 295 g/mol. The lowest BCUT2D eigenvalue weighted by atomic mass is 10.1. The normalized spacial score (nSPS) is 19.1. The van der Waals surface area contributed by atoms with E-state index < -0.39 is 0 Å². The Balaban J connectivity index is 1.46. The lowest BCUT2D eigenvalue weighted by Crippen LogP contribution is -2.37. The van der Waals surface area contributed by atoms with Crippen LogP contribution in [0.15, 0.2) is 42.6 Å². The van der Waals surface area contributed by atoms with Crippen molar-refractivity contribution in [1.82, 2.24) is 10.3 Å². The molecule has 0 saturated carbocycles. The second kappa shape index (κ2) is 5.33. The largest absolute Gasteiger partial charge is 0.491 e. The maximum absolute atomic E-state index is 12.4. The van der Waals surface area contributed by atoms with E-state index in [4.69, 9.17) is 4.74 Å². The number of hydrogen-bond acceptors (Lipinski definition) is 4. The molecule has 4 rings (SSSR count). The summed E-state index contributed by atoms with van der Waals surface area (Å²) < 4.78 is 5.58. The third-order valence-electron chi connectivity index (χ3n) is 4.20. The summed E-state index contributed by atoms with van der Waals surface area (Å²) in [7, 11) is 0. The number of amides is 1. The molecule has 22 heavy (non-hydrogen) atoms. The van der Waals surface area contributed by atoms with Gasteiger partial charge in [-0.2, -0.15) is 0 Å². The Bertz CT molecular complexity index is 695. The van der Waals surface area contributed by atoms with E-state index in [0.29, 0.717) is 12.2 Å². The standard InChI is InChI=1S/C17H17N3O2/c21-17(12-6-7-16(18-10-12)20-8-3-9-20)19-14-11-22-15-5-2-1-4-13(14)15/h1-2,4-7,10,14H,3,8-9,11H2,(H,19,21)/t14-/m0/s1. The quantitative estimate of drug-likeness (QED) is 0.943. The van der Waals surface area contributed by atoms with Crippen molar-refractivity contribution < 1.29 is 9.53 Å². The third kappa shape index (κ3) is 2.28. The smallest absolute Gasteiger partial charge is 0.253 e. The molecule has 1 fully saturated rings. The maximum Gasteiger partial charge on any atom is 0.253 e. The minimum absolute atomic E-state index is 0.0984. The molecule has 1 aromatic heterocycles. The second-order valence-corrected chi connectivity index (χ2v) is 5.62. The molecule has 2 aliphatic rings. The van der Waals surface area contributed by atoms with Crippen LogP contribution in [0.1, 0.15) is 28.4 Å². The molecular weight excluding hydrogens is 278 g/mol. The van der Waals surface area contributed by atoms with Gasteiger partial charge in [0.1, 0.15) is 18.2 Å². The van der Waals surface area contributed by atoms with Gasteiger partial charge in [-0.15, -0.1) is 0 Å². The van der Waals surface area contributed by atoms with Gasteiger partial charge in [-0.3, -0.25) is 4.79 Å². The number of fused-ring (bicyclic) bond motifs is 1. The van der Waals surface area contributed by atoms with Crippen LogP contribution in [0.25, 0.3) is 0 Å². The van der Waals surface area contributed by atoms with Crippen molar-refractivity contribution in [2.45, 2.75) is 12.5 Å². The zero-order valence-electron chi connectivity index (χ0n) is 12.2. The number of ether oxygens (including phenoxy) is 1. The van der Waals surface area contributed by atoms with Crippen molar-refractivity contribution in [3.8, 4) is 5.75 Å². The van der Waals surface area contributed by atoms with Crippen molar-refractivity contribution >= 4 is 11.7 Å². The molecule has 112 valence electrons. The molecule has 2 aliphatic heterocycles. The van der Waals surface area contributed by atoms with Crippen LogP contribution in [0.3, 0.4) is 0 Å². The van der Waals surface area contributed by atoms with Gasteiger partial charge in [0, 0.05) is 24.8 Å². The van der Waals surface area contributed by atoms with Gasteiger partial charge >= 0.3 is 0 Å². The number of carbonyl (C=O) groups excluding carboxylic acids is 1. The van der Waals surface area contributed by atoms with Gasteiger partial charge in [-0.1, -0.05) is 18.2 Å². The number of hydrogen-bond donors (Lipinski definition) is 1. The molecular formula is C17H17N3O2. The lowest BCUT2D eigenvalue weighted by molar-refractivity contribution is 0.0930. The predicted molar refractivity (Wildman–Crippen MR) is 83.2 cm³/mol. The first kappa shape index (κ1) is 13.1. The number of rotatable bonds is 3. The number of carbonyl (C=O) groups is 1. The number of nitrogens with one attached hydrogen (secondary N) is 1. The Hall–Kier alpha value is -2.56. The van der Waals surface area contributed by atoms with Gasteiger partial charge in [0.15, 0.2) is 0 Å². The van der Waals surface area contributed by atoms with Crippen molar-refractivity contribution in [3.05, 3.63) is 53.7 Å². The van der Waals surface area contributed by atoms with Crippen LogP contribution in [0, 0.1) is 0 Å². The molecule has 0 spiro atoms. The van der Waals surface area contributed by atoms with E-state index in [0.717, 1.165) is 30.2 Å². The summed E-state index contributed by atoms with van der Waals surface area (Å²) in [6.07, 6.45) is 2.86. The zero-order chi connectivity index (χ0) is 14.9. The van der Waals surface area contributed by atoms with Crippen LogP contribution in [0.2, 0.25) is 0 Å². The summed E-state index contributed by atoms with van der Waals surface area (Å²) in [6, 6.07) is 11.4. The van der Waals surface area contributed by atoms with Crippen molar-refractivity contribution in [1.29, 1.82) is 0 Å². The molecule has 1 saturated heterocycles. The summed E-state index contributed by atoms with van der Waals surface area (Å²) in [5.41, 5.74) is 1.61. The summed E-state index contributed by atoms with van der Waals surface area (Å²) in [5.74, 6) is 1.67. The van der Waals surface area contributed by atoms with Crippen molar-refractivity contribution in [2.24, 2.45) is 0 Å². The first-order valence-electron chi connectivity index (χ1n) is 7.55. The van der Waals surface area contributed by atoms with Gasteiger partial charge in [-0.05, 0) is 24.6 Å². The van der Waals surface area contributed by atoms with Crippen LogP contribution >= 0.6 is 0 Å². The average Bonchev–Trinajstić information content (AvgIpc) is 2.90. The zero-order valence-corrected chi connectivity index (χ0v) is 12.2. The Kier molecular flexibility index (Phi) is 3.18.